The molecule has 0 amide bonds. The van der Waals surface area contributed by atoms with Gasteiger partial charge < -0.3 is 15.4 Å². The van der Waals surface area contributed by atoms with Crippen LogP contribution in [0.3, 0.4) is 0 Å². The van der Waals surface area contributed by atoms with E-state index in [0.29, 0.717) is 18.1 Å². The van der Waals surface area contributed by atoms with Gasteiger partial charge in [0, 0.05) is 30.2 Å². The standard InChI is InChI=1S/C15H22BrF2N3OS/c1-19-15(20-7-3-4-8-23-2)21-10-11-9-12(16)5-6-13(11)22-14(17)18/h5-6,9,14H,3-4,7-8,10H2,1-2H3,(H2,19,20,21). The van der Waals surface area contributed by atoms with E-state index < -0.39 is 6.61 Å². The number of nitrogens with zero attached hydrogens (tertiary/aromatic N) is 1. The van der Waals surface area contributed by atoms with Crippen molar-refractivity contribution >= 4 is 33.7 Å². The van der Waals surface area contributed by atoms with Crippen LogP contribution in [0.15, 0.2) is 27.7 Å². The quantitative estimate of drug-likeness (QED) is 0.369. The molecular formula is C15H22BrF2N3OS. The molecule has 0 aliphatic rings. The maximum Gasteiger partial charge on any atom is 0.387 e. The molecule has 0 atom stereocenters. The number of hydrogen-bond donors (Lipinski definition) is 2. The van der Waals surface area contributed by atoms with Crippen molar-refractivity contribution in [1.82, 2.24) is 10.6 Å². The summed E-state index contributed by atoms with van der Waals surface area (Å²) in [4.78, 5) is 4.12. The first-order chi connectivity index (χ1) is 11.1. The van der Waals surface area contributed by atoms with Crippen LogP contribution in [0.1, 0.15) is 18.4 Å². The van der Waals surface area contributed by atoms with Crippen LogP contribution >= 0.6 is 27.7 Å². The van der Waals surface area contributed by atoms with Crippen LogP contribution in [-0.2, 0) is 6.54 Å². The van der Waals surface area contributed by atoms with Gasteiger partial charge in [-0.05, 0) is 43.0 Å². The number of guanidine groups is 1. The fourth-order valence-electron chi connectivity index (χ4n) is 1.87. The fourth-order valence-corrected chi connectivity index (χ4v) is 2.78. The summed E-state index contributed by atoms with van der Waals surface area (Å²) >= 11 is 5.16. The van der Waals surface area contributed by atoms with E-state index in [1.807, 2.05) is 11.8 Å². The minimum atomic E-state index is -2.84. The lowest BCUT2D eigenvalue weighted by Gasteiger charge is -2.15. The summed E-state index contributed by atoms with van der Waals surface area (Å²) in [6, 6.07) is 4.93. The number of nitrogens with one attached hydrogen (secondary N) is 2. The van der Waals surface area contributed by atoms with Gasteiger partial charge in [-0.15, -0.1) is 0 Å². The topological polar surface area (TPSA) is 45.7 Å². The molecule has 0 unspecified atom stereocenters. The molecule has 1 aromatic rings. The molecule has 2 N–H and O–H groups in total. The fraction of sp³-hybridized carbons (Fsp3) is 0.533. The summed E-state index contributed by atoms with van der Waals surface area (Å²) in [6.07, 6.45) is 4.28. The van der Waals surface area contributed by atoms with Crippen molar-refractivity contribution < 1.29 is 13.5 Å². The number of thioether (sulfide) groups is 1. The molecule has 8 heteroatoms. The minimum absolute atomic E-state index is 0.158. The maximum absolute atomic E-state index is 12.4. The van der Waals surface area contributed by atoms with Crippen molar-refractivity contribution in [1.29, 1.82) is 0 Å². The molecular weight excluding hydrogens is 388 g/mol. The Morgan fingerprint density at radius 1 is 1.35 bits per heavy atom. The largest absolute Gasteiger partial charge is 0.434 e. The smallest absolute Gasteiger partial charge is 0.387 e. The first-order valence-electron chi connectivity index (χ1n) is 7.23. The maximum atomic E-state index is 12.4. The number of unbranched alkanes of at least 4 members (excludes halogenated alkanes) is 1. The van der Waals surface area contributed by atoms with Crippen LogP contribution in [0, 0.1) is 0 Å². The average Bonchev–Trinajstić information content (AvgIpc) is 2.52. The molecule has 0 radical (unpaired) electrons. The zero-order chi connectivity index (χ0) is 17.1. The molecule has 0 aliphatic carbocycles. The van der Waals surface area contributed by atoms with Crippen molar-refractivity contribution in [2.24, 2.45) is 4.99 Å². The molecule has 1 rings (SSSR count). The Morgan fingerprint density at radius 3 is 2.78 bits per heavy atom. The Labute approximate surface area is 148 Å². The first-order valence-corrected chi connectivity index (χ1v) is 9.42. The second-order valence-electron chi connectivity index (χ2n) is 4.68. The molecule has 1 aromatic carbocycles. The highest BCUT2D eigenvalue weighted by Gasteiger charge is 2.10. The lowest BCUT2D eigenvalue weighted by molar-refractivity contribution is -0.0504. The number of aliphatic imine (C=N–C) groups is 1. The Kier molecular flexibility index (Phi) is 10.0. The average molecular weight is 410 g/mol. The van der Waals surface area contributed by atoms with Gasteiger partial charge in [-0.3, -0.25) is 4.99 Å². The van der Waals surface area contributed by atoms with Gasteiger partial charge in [0.1, 0.15) is 5.75 Å². The summed E-state index contributed by atoms with van der Waals surface area (Å²) in [5.41, 5.74) is 0.630. The van der Waals surface area contributed by atoms with Gasteiger partial charge in [-0.25, -0.2) is 0 Å². The van der Waals surface area contributed by atoms with Crippen molar-refractivity contribution in [2.45, 2.75) is 26.0 Å². The number of benzene rings is 1. The SMILES string of the molecule is CN=C(NCCCCSC)NCc1cc(Br)ccc1OC(F)F. The van der Waals surface area contributed by atoms with E-state index in [1.165, 1.54) is 6.07 Å². The zero-order valence-electron chi connectivity index (χ0n) is 13.2. The van der Waals surface area contributed by atoms with E-state index in [1.54, 1.807) is 19.2 Å². The predicted molar refractivity (Wildman–Crippen MR) is 96.6 cm³/mol. The number of halogens is 3. The summed E-state index contributed by atoms with van der Waals surface area (Å²) in [5, 5.41) is 6.31. The monoisotopic (exact) mass is 409 g/mol. The molecule has 0 fully saturated rings. The highest BCUT2D eigenvalue weighted by molar-refractivity contribution is 9.10. The number of hydrogen-bond acceptors (Lipinski definition) is 3. The lowest BCUT2D eigenvalue weighted by atomic mass is 10.2. The summed E-state index contributed by atoms with van der Waals surface area (Å²) < 4.78 is 30.2. The number of ether oxygens (including phenoxy) is 1. The van der Waals surface area contributed by atoms with Gasteiger partial charge in [0.15, 0.2) is 5.96 Å². The third-order valence-corrected chi connectivity index (χ3v) is 4.17. The van der Waals surface area contributed by atoms with Crippen LogP contribution in [0.2, 0.25) is 0 Å². The second kappa shape index (κ2) is 11.5. The van der Waals surface area contributed by atoms with E-state index >= 15 is 0 Å². The van der Waals surface area contributed by atoms with E-state index in [2.05, 4.69) is 42.5 Å². The minimum Gasteiger partial charge on any atom is -0.434 e. The number of rotatable bonds is 9. The lowest BCUT2D eigenvalue weighted by Crippen LogP contribution is -2.37. The molecule has 0 heterocycles. The van der Waals surface area contributed by atoms with Gasteiger partial charge in [-0.2, -0.15) is 20.5 Å². The van der Waals surface area contributed by atoms with Gasteiger partial charge >= 0.3 is 6.61 Å². The summed E-state index contributed by atoms with van der Waals surface area (Å²) in [7, 11) is 1.68. The molecule has 0 saturated heterocycles. The molecule has 0 saturated carbocycles. The molecule has 4 nitrogen and oxygen atoms in total. The van der Waals surface area contributed by atoms with E-state index in [0.717, 1.165) is 29.6 Å². The van der Waals surface area contributed by atoms with Crippen LogP contribution in [0.5, 0.6) is 5.75 Å². The molecule has 0 bridgehead atoms. The third-order valence-electron chi connectivity index (χ3n) is 2.98. The second-order valence-corrected chi connectivity index (χ2v) is 6.58. The van der Waals surface area contributed by atoms with Crippen molar-refractivity contribution in [3.8, 4) is 5.75 Å². The van der Waals surface area contributed by atoms with E-state index in [9.17, 15) is 8.78 Å². The molecule has 0 spiro atoms. The highest BCUT2D eigenvalue weighted by Crippen LogP contribution is 2.24. The van der Waals surface area contributed by atoms with Crippen molar-refractivity contribution in [2.75, 3.05) is 25.6 Å². The zero-order valence-corrected chi connectivity index (χ0v) is 15.6. The Morgan fingerprint density at radius 2 is 2.13 bits per heavy atom. The van der Waals surface area contributed by atoms with Crippen molar-refractivity contribution in [3.05, 3.63) is 28.2 Å². The van der Waals surface area contributed by atoms with E-state index in [-0.39, 0.29) is 5.75 Å². The van der Waals surface area contributed by atoms with Crippen LogP contribution in [0.4, 0.5) is 8.78 Å². The molecule has 0 aromatic heterocycles. The Balaban J connectivity index is 2.53. The normalized spacial score (nSPS) is 11.7. The Hall–Kier alpha value is -1.02. The summed E-state index contributed by atoms with van der Waals surface area (Å²) in [5.74, 6) is 1.93. The van der Waals surface area contributed by atoms with Gasteiger partial charge in [0.2, 0.25) is 0 Å². The Bertz CT molecular complexity index is 504. The van der Waals surface area contributed by atoms with Gasteiger partial charge in [0.25, 0.3) is 0 Å². The van der Waals surface area contributed by atoms with E-state index in [4.69, 9.17) is 0 Å². The van der Waals surface area contributed by atoms with Gasteiger partial charge in [0.05, 0.1) is 0 Å². The summed E-state index contributed by atoms with van der Waals surface area (Å²) in [6.45, 7) is -1.69. The third kappa shape index (κ3) is 8.41. The van der Waals surface area contributed by atoms with Gasteiger partial charge in [-0.1, -0.05) is 15.9 Å². The van der Waals surface area contributed by atoms with Crippen molar-refractivity contribution in [3.63, 3.8) is 0 Å². The van der Waals surface area contributed by atoms with Crippen LogP contribution in [-0.4, -0.2) is 38.2 Å². The first kappa shape index (κ1) is 20.0. The molecule has 130 valence electrons. The highest BCUT2D eigenvalue weighted by atomic mass is 79.9. The van der Waals surface area contributed by atoms with Crippen LogP contribution in [0.25, 0.3) is 0 Å². The number of alkyl halides is 2. The van der Waals surface area contributed by atoms with Crippen LogP contribution < -0.4 is 15.4 Å². The molecule has 23 heavy (non-hydrogen) atoms. The molecule has 0 aliphatic heterocycles. The predicted octanol–water partition coefficient (Wildman–Crippen LogP) is 3.86.